The van der Waals surface area contributed by atoms with E-state index in [0.717, 1.165) is 19.3 Å². The molecule has 2 aliphatic carbocycles. The van der Waals surface area contributed by atoms with Crippen molar-refractivity contribution in [3.8, 4) is 0 Å². The molecule has 0 saturated heterocycles. The topological polar surface area (TPSA) is 20.2 Å². The molecule has 0 radical (unpaired) electrons. The second-order valence-corrected chi connectivity index (χ2v) is 10.7. The van der Waals surface area contributed by atoms with Gasteiger partial charge in [0.15, 0.2) is 2.14 Å². The third kappa shape index (κ3) is 1.58. The quantitative estimate of drug-likeness (QED) is 0.508. The van der Waals surface area contributed by atoms with Crippen LogP contribution in [-0.4, -0.2) is 12.9 Å². The van der Waals surface area contributed by atoms with Crippen LogP contribution in [0.5, 0.6) is 0 Å². The maximum Gasteiger partial charge on any atom is 0.163 e. The Kier molecular flexibility index (Phi) is 2.72. The van der Waals surface area contributed by atoms with E-state index in [4.69, 9.17) is 0 Å². The van der Waals surface area contributed by atoms with Gasteiger partial charge in [-0.15, -0.1) is 0 Å². The van der Waals surface area contributed by atoms with Gasteiger partial charge >= 0.3 is 0 Å². The average molecular weight is 375 g/mol. The number of alkyl halides is 3. The zero-order chi connectivity index (χ0) is 9.69. The molecule has 2 rings (SSSR count). The van der Waals surface area contributed by atoms with Crippen molar-refractivity contribution in [1.82, 2.24) is 0 Å². The summed E-state index contributed by atoms with van der Waals surface area (Å²) >= 11 is 10.4. The minimum absolute atomic E-state index is 0.352. The molecule has 1 nitrogen and oxygen atoms in total. The highest BCUT2D eigenvalue weighted by atomic mass is 80.0. The molecule has 0 heterocycles. The standard InChI is InChI=1S/C9H11Br3O/c10-9(11,12)8(13)5-4-6-2-1-3-7(6)8/h1-2,6-7,13H,3-5H2/t6-,7-,8+/m1/s1. The second kappa shape index (κ2) is 3.32. The van der Waals surface area contributed by atoms with Gasteiger partial charge in [-0.1, -0.05) is 59.9 Å². The van der Waals surface area contributed by atoms with Crippen molar-refractivity contribution in [3.05, 3.63) is 12.2 Å². The molecule has 0 amide bonds. The van der Waals surface area contributed by atoms with E-state index in [1.165, 1.54) is 0 Å². The summed E-state index contributed by atoms with van der Waals surface area (Å²) in [6.45, 7) is 0. The molecule has 1 fully saturated rings. The van der Waals surface area contributed by atoms with E-state index in [2.05, 4.69) is 59.9 Å². The zero-order valence-electron chi connectivity index (χ0n) is 7.01. The van der Waals surface area contributed by atoms with E-state index in [0.29, 0.717) is 11.8 Å². The highest BCUT2D eigenvalue weighted by Gasteiger charge is 2.57. The highest BCUT2D eigenvalue weighted by Crippen LogP contribution is 2.58. The molecule has 74 valence electrons. The summed E-state index contributed by atoms with van der Waals surface area (Å²) in [6.07, 6.45) is 7.34. The summed E-state index contributed by atoms with van der Waals surface area (Å²) in [4.78, 5) is 0. The maximum atomic E-state index is 10.5. The molecule has 2 aliphatic rings. The van der Waals surface area contributed by atoms with Crippen molar-refractivity contribution >= 4 is 47.8 Å². The smallest absolute Gasteiger partial charge is 0.163 e. The molecule has 0 bridgehead atoms. The first-order valence-corrected chi connectivity index (χ1v) is 6.79. The number of allylic oxidation sites excluding steroid dienone is 2. The number of halogens is 3. The summed E-state index contributed by atoms with van der Waals surface area (Å²) in [5, 5.41) is 10.5. The minimum atomic E-state index is -0.679. The van der Waals surface area contributed by atoms with Crippen LogP contribution in [0, 0.1) is 11.8 Å². The Balaban J connectivity index is 2.26. The SMILES string of the molecule is O[C@@]1(C(Br)(Br)Br)CC[C@H]2C=CC[C@H]21. The Morgan fingerprint density at radius 1 is 1.38 bits per heavy atom. The van der Waals surface area contributed by atoms with Gasteiger partial charge in [0.2, 0.25) is 0 Å². The van der Waals surface area contributed by atoms with E-state index >= 15 is 0 Å². The van der Waals surface area contributed by atoms with Gasteiger partial charge < -0.3 is 5.11 Å². The molecule has 3 atom stereocenters. The lowest BCUT2D eigenvalue weighted by Gasteiger charge is -2.37. The summed E-state index contributed by atoms with van der Waals surface area (Å²) < 4.78 is -0.536. The van der Waals surface area contributed by atoms with Crippen molar-refractivity contribution in [1.29, 1.82) is 0 Å². The van der Waals surface area contributed by atoms with Crippen LogP contribution in [0.1, 0.15) is 19.3 Å². The minimum Gasteiger partial charge on any atom is -0.386 e. The van der Waals surface area contributed by atoms with Crippen LogP contribution in [0.4, 0.5) is 0 Å². The van der Waals surface area contributed by atoms with Crippen molar-refractivity contribution < 1.29 is 5.11 Å². The monoisotopic (exact) mass is 372 g/mol. The predicted octanol–water partition coefficient (Wildman–Crippen LogP) is 3.54. The Morgan fingerprint density at radius 3 is 2.69 bits per heavy atom. The van der Waals surface area contributed by atoms with Gasteiger partial charge in [0.1, 0.15) is 5.60 Å². The number of aliphatic hydroxyl groups is 1. The molecule has 1 saturated carbocycles. The largest absolute Gasteiger partial charge is 0.386 e. The van der Waals surface area contributed by atoms with Crippen LogP contribution in [0.25, 0.3) is 0 Å². The molecule has 4 heteroatoms. The number of rotatable bonds is 0. The first-order chi connectivity index (χ1) is 5.95. The number of hydrogen-bond acceptors (Lipinski definition) is 1. The van der Waals surface area contributed by atoms with Crippen LogP contribution in [0.3, 0.4) is 0 Å². The molecule has 0 aliphatic heterocycles. The molecular weight excluding hydrogens is 364 g/mol. The van der Waals surface area contributed by atoms with Gasteiger partial charge in [-0.05, 0) is 25.2 Å². The van der Waals surface area contributed by atoms with Gasteiger partial charge in [-0.3, -0.25) is 0 Å². The summed E-state index contributed by atoms with van der Waals surface area (Å²) in [6, 6.07) is 0. The Hall–Kier alpha value is 1.14. The number of fused-ring (bicyclic) bond motifs is 1. The van der Waals surface area contributed by atoms with Crippen molar-refractivity contribution in [2.75, 3.05) is 0 Å². The van der Waals surface area contributed by atoms with Gasteiger partial charge in [-0.2, -0.15) is 0 Å². The van der Waals surface area contributed by atoms with Crippen LogP contribution < -0.4 is 0 Å². The highest BCUT2D eigenvalue weighted by molar-refractivity contribution is 9.39. The van der Waals surface area contributed by atoms with Gasteiger partial charge in [-0.25, -0.2) is 0 Å². The van der Waals surface area contributed by atoms with Crippen molar-refractivity contribution in [2.24, 2.45) is 11.8 Å². The predicted molar refractivity (Wildman–Crippen MR) is 64.4 cm³/mol. The van der Waals surface area contributed by atoms with Gasteiger partial charge in [0.25, 0.3) is 0 Å². The second-order valence-electron chi connectivity index (χ2n) is 3.89. The summed E-state index contributed by atoms with van der Waals surface area (Å²) in [5.41, 5.74) is -0.679. The lowest BCUT2D eigenvalue weighted by molar-refractivity contribution is 0.0135. The third-order valence-electron chi connectivity index (χ3n) is 3.25. The van der Waals surface area contributed by atoms with E-state index in [1.807, 2.05) is 0 Å². The van der Waals surface area contributed by atoms with E-state index < -0.39 is 7.74 Å². The fraction of sp³-hybridized carbons (Fsp3) is 0.778. The number of hydrogen-bond donors (Lipinski definition) is 1. The van der Waals surface area contributed by atoms with Crippen LogP contribution in [0.15, 0.2) is 12.2 Å². The Labute approximate surface area is 103 Å². The molecule has 0 spiro atoms. The lowest BCUT2D eigenvalue weighted by atomic mass is 9.89. The van der Waals surface area contributed by atoms with E-state index in [-0.39, 0.29) is 0 Å². The van der Waals surface area contributed by atoms with Crippen LogP contribution in [0.2, 0.25) is 0 Å². The summed E-state index contributed by atoms with van der Waals surface area (Å²) in [7, 11) is 0. The van der Waals surface area contributed by atoms with Crippen LogP contribution in [-0.2, 0) is 0 Å². The zero-order valence-corrected chi connectivity index (χ0v) is 11.8. The first-order valence-electron chi connectivity index (χ1n) is 4.41. The third-order valence-corrected chi connectivity index (χ3v) is 5.31. The van der Waals surface area contributed by atoms with Crippen molar-refractivity contribution in [2.45, 2.75) is 27.0 Å². The molecule has 13 heavy (non-hydrogen) atoms. The molecular formula is C9H11Br3O. The fourth-order valence-corrected chi connectivity index (χ4v) is 3.96. The molecule has 0 aromatic rings. The molecule has 0 aromatic heterocycles. The summed E-state index contributed by atoms with van der Waals surface area (Å²) in [5.74, 6) is 0.919. The maximum absolute atomic E-state index is 10.5. The molecule has 0 unspecified atom stereocenters. The first kappa shape index (κ1) is 10.7. The fourth-order valence-electron chi connectivity index (χ4n) is 2.48. The Morgan fingerprint density at radius 2 is 2.08 bits per heavy atom. The molecule has 1 N–H and O–H groups in total. The van der Waals surface area contributed by atoms with Crippen molar-refractivity contribution in [3.63, 3.8) is 0 Å². The Bertz CT molecular complexity index is 246. The normalized spacial score (nSPS) is 44.0. The van der Waals surface area contributed by atoms with E-state index in [9.17, 15) is 5.11 Å². The van der Waals surface area contributed by atoms with Gasteiger partial charge in [0, 0.05) is 5.92 Å². The lowest BCUT2D eigenvalue weighted by Crippen LogP contribution is -2.45. The van der Waals surface area contributed by atoms with Crippen LogP contribution >= 0.6 is 47.8 Å². The van der Waals surface area contributed by atoms with Gasteiger partial charge in [0.05, 0.1) is 0 Å². The van der Waals surface area contributed by atoms with E-state index in [1.54, 1.807) is 0 Å². The molecule has 0 aromatic carbocycles. The average Bonchev–Trinajstić information content (AvgIpc) is 2.52.